The first-order valence-corrected chi connectivity index (χ1v) is 12.9. The van der Waals surface area contributed by atoms with Crippen LogP contribution in [0.25, 0.3) is 53.3 Å². The Morgan fingerprint density at radius 1 is 0.800 bits per heavy atom. The topological polar surface area (TPSA) is 12.9 Å². The third-order valence-electron chi connectivity index (χ3n) is 6.37. The standard InChI is InChI=1S/C33H29NS/c1-21-16-28-27-19-24(26-11-7-9-23-8-5-6-10-25(23)26)12-13-31(27)35-32(28)29(17-21)30-18-22(14-15-34-30)20-33(2,3)4/h5-19H,20H2,1-4H3/i20D2. The molecule has 0 aliphatic rings. The number of rotatable bonds is 3. The summed E-state index contributed by atoms with van der Waals surface area (Å²) in [5, 5.41) is 4.98. The molecule has 0 aliphatic carbocycles. The summed E-state index contributed by atoms with van der Waals surface area (Å²) in [6, 6.07) is 30.0. The molecule has 35 heavy (non-hydrogen) atoms. The molecule has 1 nitrogen and oxygen atoms in total. The van der Waals surface area contributed by atoms with Gasteiger partial charge in [0.15, 0.2) is 0 Å². The van der Waals surface area contributed by atoms with E-state index in [1.165, 1.54) is 47.6 Å². The van der Waals surface area contributed by atoms with E-state index in [1.54, 1.807) is 17.5 Å². The van der Waals surface area contributed by atoms with Crippen molar-refractivity contribution in [1.82, 2.24) is 4.98 Å². The highest BCUT2D eigenvalue weighted by molar-refractivity contribution is 7.26. The molecule has 2 heterocycles. The van der Waals surface area contributed by atoms with Crippen LogP contribution in [0.5, 0.6) is 0 Å². The second kappa shape index (κ2) is 8.32. The van der Waals surface area contributed by atoms with Crippen molar-refractivity contribution >= 4 is 42.3 Å². The number of pyridine rings is 1. The maximum absolute atomic E-state index is 8.78. The Balaban J connectivity index is 1.55. The van der Waals surface area contributed by atoms with E-state index in [-0.39, 0.29) is 0 Å². The molecular formula is C33H29NS. The average Bonchev–Trinajstić information content (AvgIpc) is 3.25. The van der Waals surface area contributed by atoms with Crippen LogP contribution in [0.4, 0.5) is 0 Å². The zero-order chi connectivity index (χ0) is 25.9. The predicted octanol–water partition coefficient (Wildman–Crippen LogP) is 9.83. The van der Waals surface area contributed by atoms with E-state index in [1.807, 2.05) is 32.9 Å². The maximum Gasteiger partial charge on any atom is 0.0719 e. The number of hydrogen-bond donors (Lipinski definition) is 0. The van der Waals surface area contributed by atoms with E-state index >= 15 is 0 Å². The van der Waals surface area contributed by atoms with Crippen molar-refractivity contribution in [3.05, 3.63) is 102 Å². The Morgan fingerprint density at radius 2 is 1.63 bits per heavy atom. The van der Waals surface area contributed by atoms with Crippen LogP contribution >= 0.6 is 11.3 Å². The molecular weight excluding hydrogens is 442 g/mol. The molecule has 172 valence electrons. The van der Waals surface area contributed by atoms with E-state index in [0.29, 0.717) is 5.56 Å². The molecule has 2 aromatic heterocycles. The van der Waals surface area contributed by atoms with Crippen LogP contribution in [-0.4, -0.2) is 4.98 Å². The van der Waals surface area contributed by atoms with Gasteiger partial charge in [-0.2, -0.15) is 0 Å². The Morgan fingerprint density at radius 3 is 2.49 bits per heavy atom. The van der Waals surface area contributed by atoms with Crippen molar-refractivity contribution in [1.29, 1.82) is 0 Å². The smallest absolute Gasteiger partial charge is 0.0719 e. The molecule has 6 aromatic rings. The summed E-state index contributed by atoms with van der Waals surface area (Å²) < 4.78 is 20.0. The summed E-state index contributed by atoms with van der Waals surface area (Å²) in [6.07, 6.45) is 0.273. The van der Waals surface area contributed by atoms with Gasteiger partial charge < -0.3 is 0 Å². The Bertz CT molecular complexity index is 1800. The van der Waals surface area contributed by atoms with E-state index in [9.17, 15) is 0 Å². The van der Waals surface area contributed by atoms with Crippen LogP contribution in [0, 0.1) is 12.3 Å². The largest absolute Gasteiger partial charge is 0.256 e. The van der Waals surface area contributed by atoms with Gasteiger partial charge in [0.1, 0.15) is 0 Å². The quantitative estimate of drug-likeness (QED) is 0.249. The monoisotopic (exact) mass is 473 g/mol. The molecule has 0 bridgehead atoms. The Hall–Kier alpha value is -3.49. The highest BCUT2D eigenvalue weighted by Gasteiger charge is 2.16. The third-order valence-corrected chi connectivity index (χ3v) is 7.59. The van der Waals surface area contributed by atoms with Crippen molar-refractivity contribution in [3.63, 3.8) is 0 Å². The van der Waals surface area contributed by atoms with E-state index in [0.717, 1.165) is 11.3 Å². The minimum absolute atomic E-state index is 0.525. The van der Waals surface area contributed by atoms with Crippen LogP contribution in [0.1, 0.15) is 34.6 Å². The van der Waals surface area contributed by atoms with Crippen molar-refractivity contribution in [2.24, 2.45) is 5.41 Å². The van der Waals surface area contributed by atoms with Gasteiger partial charge in [0, 0.05) is 34.7 Å². The fraction of sp³-hybridized carbons (Fsp3) is 0.182. The van der Waals surface area contributed by atoms with Crippen LogP contribution < -0.4 is 0 Å². The molecule has 0 amide bonds. The van der Waals surface area contributed by atoms with Gasteiger partial charge in [0.25, 0.3) is 0 Å². The third kappa shape index (κ3) is 4.13. The van der Waals surface area contributed by atoms with Crippen LogP contribution in [0.2, 0.25) is 0 Å². The first kappa shape index (κ1) is 19.8. The number of aryl methyl sites for hydroxylation is 1. The van der Waals surface area contributed by atoms with E-state index in [2.05, 4.69) is 79.7 Å². The number of benzene rings is 4. The number of fused-ring (bicyclic) bond motifs is 4. The molecule has 6 rings (SSSR count). The van der Waals surface area contributed by atoms with Gasteiger partial charge in [0.2, 0.25) is 0 Å². The van der Waals surface area contributed by atoms with Crippen molar-refractivity contribution in [2.45, 2.75) is 34.1 Å². The lowest BCUT2D eigenvalue weighted by molar-refractivity contribution is 0.411. The first-order valence-electron chi connectivity index (χ1n) is 13.1. The minimum atomic E-state index is -1.47. The number of nitrogens with zero attached hydrogens (tertiary/aromatic N) is 1. The van der Waals surface area contributed by atoms with Gasteiger partial charge in [-0.25, -0.2) is 0 Å². The molecule has 4 aromatic carbocycles. The van der Waals surface area contributed by atoms with Crippen LogP contribution in [0.15, 0.2) is 91.1 Å². The fourth-order valence-corrected chi connectivity index (χ4v) is 6.13. The maximum atomic E-state index is 8.78. The number of aromatic nitrogens is 1. The molecule has 0 spiro atoms. The van der Waals surface area contributed by atoms with E-state index < -0.39 is 11.8 Å². The molecule has 0 aliphatic heterocycles. The van der Waals surface area contributed by atoms with Crippen LogP contribution in [0.3, 0.4) is 0 Å². The molecule has 0 saturated heterocycles. The highest BCUT2D eigenvalue weighted by Crippen LogP contribution is 2.42. The summed E-state index contributed by atoms with van der Waals surface area (Å²) in [5.41, 5.74) is 5.65. The molecule has 0 unspecified atom stereocenters. The van der Waals surface area contributed by atoms with Crippen molar-refractivity contribution < 1.29 is 2.74 Å². The molecule has 0 fully saturated rings. The summed E-state index contributed by atoms with van der Waals surface area (Å²) in [5.74, 6) is 0. The lowest BCUT2D eigenvalue weighted by Crippen LogP contribution is -2.09. The SMILES string of the molecule is [2H]C([2H])(c1ccnc(-c2cc(C)cc3c2sc2ccc(-c4cccc5ccccc45)cc23)c1)C(C)(C)C. The van der Waals surface area contributed by atoms with Crippen molar-refractivity contribution in [3.8, 4) is 22.4 Å². The molecule has 0 N–H and O–H groups in total. The van der Waals surface area contributed by atoms with Crippen molar-refractivity contribution in [2.75, 3.05) is 0 Å². The molecule has 2 heteroatoms. The zero-order valence-corrected chi connectivity index (χ0v) is 21.3. The van der Waals surface area contributed by atoms with Gasteiger partial charge in [-0.3, -0.25) is 4.98 Å². The Kier molecular flexibility index (Phi) is 4.70. The summed E-state index contributed by atoms with van der Waals surface area (Å²) in [7, 11) is 0. The molecule has 0 saturated carbocycles. The molecule has 0 atom stereocenters. The fourth-order valence-electron chi connectivity index (χ4n) is 4.95. The lowest BCUT2D eigenvalue weighted by Gasteiger charge is -2.18. The second-order valence-electron chi connectivity index (χ2n) is 10.3. The predicted molar refractivity (Wildman–Crippen MR) is 153 cm³/mol. The minimum Gasteiger partial charge on any atom is -0.256 e. The summed E-state index contributed by atoms with van der Waals surface area (Å²) in [4.78, 5) is 4.71. The lowest BCUT2D eigenvalue weighted by atomic mass is 9.88. The van der Waals surface area contributed by atoms with Gasteiger partial charge >= 0.3 is 0 Å². The zero-order valence-electron chi connectivity index (χ0n) is 22.5. The first-order chi connectivity index (χ1) is 17.6. The van der Waals surface area contributed by atoms with Gasteiger partial charge in [-0.05, 0) is 88.1 Å². The van der Waals surface area contributed by atoms with Gasteiger partial charge in [-0.1, -0.05) is 69.3 Å². The number of thiophene rings is 1. The highest BCUT2D eigenvalue weighted by atomic mass is 32.1. The second-order valence-corrected chi connectivity index (χ2v) is 11.4. The molecule has 0 radical (unpaired) electrons. The van der Waals surface area contributed by atoms with E-state index in [4.69, 9.17) is 7.73 Å². The van der Waals surface area contributed by atoms with Gasteiger partial charge in [-0.15, -0.1) is 11.3 Å². The number of hydrogen-bond acceptors (Lipinski definition) is 2. The van der Waals surface area contributed by atoms with Gasteiger partial charge in [0.05, 0.1) is 5.69 Å². The summed E-state index contributed by atoms with van der Waals surface area (Å²) in [6.45, 7) is 7.95. The Labute approximate surface area is 213 Å². The average molecular weight is 474 g/mol. The normalized spacial score (nSPS) is 13.4. The summed E-state index contributed by atoms with van der Waals surface area (Å²) >= 11 is 1.78. The van der Waals surface area contributed by atoms with Crippen LogP contribution in [-0.2, 0) is 6.37 Å².